The number of hydrogen-bond donors (Lipinski definition) is 3. The van der Waals surface area contributed by atoms with Crippen molar-refractivity contribution < 1.29 is 9.32 Å². The number of amides is 1. The van der Waals surface area contributed by atoms with Crippen molar-refractivity contribution in [2.75, 3.05) is 22.9 Å². The lowest BCUT2D eigenvalue weighted by atomic mass is 10.0. The lowest BCUT2D eigenvalue weighted by Gasteiger charge is -2.09. The Hall–Kier alpha value is -3.85. The topological polar surface area (TPSA) is 124 Å². The number of halogens is 1. The molecule has 0 bridgehead atoms. The average molecular weight is 480 g/mol. The molecule has 176 valence electrons. The van der Waals surface area contributed by atoms with Crippen LogP contribution in [-0.4, -0.2) is 32.4 Å². The molecule has 0 aliphatic heterocycles. The summed E-state index contributed by atoms with van der Waals surface area (Å²) in [7, 11) is 0. The summed E-state index contributed by atoms with van der Waals surface area (Å²) in [6.07, 6.45) is 0. The van der Waals surface area contributed by atoms with Crippen molar-refractivity contribution in [3.63, 3.8) is 0 Å². The first kappa shape index (κ1) is 23.3. The first-order valence-electron chi connectivity index (χ1n) is 11.0. The van der Waals surface area contributed by atoms with Gasteiger partial charge in [0.15, 0.2) is 5.82 Å². The Balaban J connectivity index is 1.57. The molecule has 4 N–H and O–H groups in total. The summed E-state index contributed by atoms with van der Waals surface area (Å²) in [5, 5.41) is 15.1. The lowest BCUT2D eigenvalue weighted by Crippen LogP contribution is -2.20. The molecule has 34 heavy (non-hydrogen) atoms. The van der Waals surface area contributed by atoms with Crippen LogP contribution in [0, 0.1) is 0 Å². The van der Waals surface area contributed by atoms with E-state index in [0.29, 0.717) is 45.9 Å². The average Bonchev–Trinajstić information content (AvgIpc) is 3.39. The Labute approximate surface area is 202 Å². The lowest BCUT2D eigenvalue weighted by molar-refractivity contribution is -0.116. The van der Waals surface area contributed by atoms with E-state index in [-0.39, 0.29) is 24.2 Å². The van der Waals surface area contributed by atoms with Crippen LogP contribution in [0.15, 0.2) is 53.1 Å². The molecule has 2 heterocycles. The molecule has 4 rings (SSSR count). The summed E-state index contributed by atoms with van der Waals surface area (Å²) in [5.41, 5.74) is 9.42. The van der Waals surface area contributed by atoms with Gasteiger partial charge in [0.1, 0.15) is 17.9 Å². The maximum atomic E-state index is 12.7. The molecule has 0 atom stereocenters. The molecule has 0 saturated heterocycles. The van der Waals surface area contributed by atoms with Crippen molar-refractivity contribution in [2.45, 2.75) is 33.2 Å². The zero-order chi connectivity index (χ0) is 24.2. The van der Waals surface area contributed by atoms with Gasteiger partial charge in [0, 0.05) is 22.8 Å². The zero-order valence-corrected chi connectivity index (χ0v) is 19.9. The molecule has 10 heteroatoms. The second-order valence-electron chi connectivity index (χ2n) is 8.06. The second kappa shape index (κ2) is 9.96. The molecule has 0 unspecified atom stereocenters. The molecule has 0 saturated carbocycles. The van der Waals surface area contributed by atoms with Crippen molar-refractivity contribution in [3.05, 3.63) is 59.1 Å². The molecule has 1 amide bonds. The Morgan fingerprint density at radius 1 is 1.21 bits per heavy atom. The van der Waals surface area contributed by atoms with E-state index in [2.05, 4.69) is 39.7 Å². The van der Waals surface area contributed by atoms with Crippen LogP contribution in [0.5, 0.6) is 0 Å². The summed E-state index contributed by atoms with van der Waals surface area (Å²) < 4.78 is 6.89. The highest BCUT2D eigenvalue weighted by Crippen LogP contribution is 2.34. The van der Waals surface area contributed by atoms with E-state index < -0.39 is 0 Å². The van der Waals surface area contributed by atoms with Crippen LogP contribution >= 0.6 is 11.6 Å². The third kappa shape index (κ3) is 5.04. The largest absolute Gasteiger partial charge is 0.383 e. The van der Waals surface area contributed by atoms with E-state index in [1.165, 1.54) is 10.2 Å². The van der Waals surface area contributed by atoms with Gasteiger partial charge in [-0.25, -0.2) is 4.68 Å². The van der Waals surface area contributed by atoms with Gasteiger partial charge in [0.05, 0.1) is 0 Å². The van der Waals surface area contributed by atoms with Gasteiger partial charge in [-0.1, -0.05) is 54.9 Å². The number of carbonyl (C=O) groups excluding carboxylic acids is 1. The standard InChI is InChI=1S/C24H26ClN7O2/c1-4-27-23-20(24-29-22(31-34-24)16-6-5-7-17(25)12-16)21(26)32(30-23)13-19(33)28-18-10-8-15(9-11-18)14(2)3/h5-12,14H,4,13,26H2,1-3H3,(H,27,30)(H,28,33). The molecule has 0 spiro atoms. The van der Waals surface area contributed by atoms with Crippen LogP contribution in [0.2, 0.25) is 5.02 Å². The third-order valence-electron chi connectivity index (χ3n) is 5.21. The van der Waals surface area contributed by atoms with Crippen LogP contribution in [-0.2, 0) is 11.3 Å². The maximum absolute atomic E-state index is 12.7. The van der Waals surface area contributed by atoms with Crippen LogP contribution in [0.1, 0.15) is 32.3 Å². The van der Waals surface area contributed by atoms with Crippen LogP contribution in [0.3, 0.4) is 0 Å². The fourth-order valence-corrected chi connectivity index (χ4v) is 3.65. The summed E-state index contributed by atoms with van der Waals surface area (Å²) in [5.74, 6) is 1.42. The fourth-order valence-electron chi connectivity index (χ4n) is 3.46. The number of hydrogen-bond acceptors (Lipinski definition) is 7. The molecular weight excluding hydrogens is 454 g/mol. The van der Waals surface area contributed by atoms with Gasteiger partial charge in [0.2, 0.25) is 11.7 Å². The molecule has 2 aromatic carbocycles. The number of nitrogens with one attached hydrogen (secondary N) is 2. The van der Waals surface area contributed by atoms with E-state index in [4.69, 9.17) is 21.9 Å². The van der Waals surface area contributed by atoms with Crippen LogP contribution in [0.25, 0.3) is 22.8 Å². The first-order chi connectivity index (χ1) is 16.4. The normalized spacial score (nSPS) is 11.1. The molecule has 0 radical (unpaired) electrons. The number of nitrogens with zero attached hydrogens (tertiary/aromatic N) is 4. The van der Waals surface area contributed by atoms with Gasteiger partial charge < -0.3 is 20.9 Å². The highest BCUT2D eigenvalue weighted by atomic mass is 35.5. The molecule has 0 fully saturated rings. The Kier molecular flexibility index (Phi) is 6.83. The number of benzene rings is 2. The molecule has 2 aromatic heterocycles. The predicted octanol–water partition coefficient (Wildman–Crippen LogP) is 5.03. The predicted molar refractivity (Wildman–Crippen MR) is 134 cm³/mol. The fraction of sp³-hybridized carbons (Fsp3) is 0.250. The number of anilines is 3. The number of nitrogens with two attached hydrogens (primary N) is 1. The number of carbonyl (C=O) groups is 1. The van der Waals surface area contributed by atoms with E-state index in [0.717, 1.165) is 0 Å². The van der Waals surface area contributed by atoms with Crippen molar-refractivity contribution in [3.8, 4) is 22.8 Å². The minimum absolute atomic E-state index is 0.0779. The summed E-state index contributed by atoms with van der Waals surface area (Å²) in [6, 6.07) is 14.9. The molecule has 9 nitrogen and oxygen atoms in total. The molecule has 0 aliphatic rings. The van der Waals surface area contributed by atoms with E-state index in [9.17, 15) is 4.79 Å². The Bertz CT molecular complexity index is 1300. The molecule has 4 aromatic rings. The minimum Gasteiger partial charge on any atom is -0.383 e. The number of nitrogen functional groups attached to an aromatic ring is 1. The first-order valence-corrected chi connectivity index (χ1v) is 11.3. The SMILES string of the molecule is CCNc1nn(CC(=O)Nc2ccc(C(C)C)cc2)c(N)c1-c1nc(-c2cccc(Cl)c2)no1. The highest BCUT2D eigenvalue weighted by Gasteiger charge is 2.24. The van der Waals surface area contributed by atoms with Crippen LogP contribution < -0.4 is 16.4 Å². The zero-order valence-electron chi connectivity index (χ0n) is 19.2. The minimum atomic E-state index is -0.258. The number of aromatic nitrogens is 4. The highest BCUT2D eigenvalue weighted by molar-refractivity contribution is 6.30. The van der Waals surface area contributed by atoms with Crippen molar-refractivity contribution in [1.29, 1.82) is 0 Å². The number of rotatable bonds is 8. The Morgan fingerprint density at radius 2 is 1.97 bits per heavy atom. The molecular formula is C24H26ClN7O2. The van der Waals surface area contributed by atoms with Crippen molar-refractivity contribution in [2.24, 2.45) is 0 Å². The van der Waals surface area contributed by atoms with Crippen molar-refractivity contribution in [1.82, 2.24) is 19.9 Å². The summed E-state index contributed by atoms with van der Waals surface area (Å²) in [6.45, 7) is 6.68. The monoisotopic (exact) mass is 479 g/mol. The summed E-state index contributed by atoms with van der Waals surface area (Å²) >= 11 is 6.07. The van der Waals surface area contributed by atoms with Gasteiger partial charge in [-0.05, 0) is 42.7 Å². The van der Waals surface area contributed by atoms with E-state index in [1.807, 2.05) is 37.3 Å². The quantitative estimate of drug-likeness (QED) is 0.323. The smallest absolute Gasteiger partial charge is 0.265 e. The van der Waals surface area contributed by atoms with Gasteiger partial charge in [-0.3, -0.25) is 4.79 Å². The summed E-state index contributed by atoms with van der Waals surface area (Å²) in [4.78, 5) is 17.1. The maximum Gasteiger partial charge on any atom is 0.265 e. The van der Waals surface area contributed by atoms with Gasteiger partial charge in [-0.15, -0.1) is 0 Å². The van der Waals surface area contributed by atoms with Crippen LogP contribution in [0.4, 0.5) is 17.3 Å². The van der Waals surface area contributed by atoms with Gasteiger partial charge >= 0.3 is 0 Å². The Morgan fingerprint density at radius 3 is 2.65 bits per heavy atom. The van der Waals surface area contributed by atoms with Gasteiger partial charge in [0.25, 0.3) is 5.89 Å². The second-order valence-corrected chi connectivity index (χ2v) is 8.49. The van der Waals surface area contributed by atoms with Crippen molar-refractivity contribution >= 4 is 34.8 Å². The molecule has 0 aliphatic carbocycles. The van der Waals surface area contributed by atoms with E-state index >= 15 is 0 Å². The van der Waals surface area contributed by atoms with Gasteiger partial charge in [-0.2, -0.15) is 10.1 Å². The van der Waals surface area contributed by atoms with E-state index in [1.54, 1.807) is 18.2 Å². The third-order valence-corrected chi connectivity index (χ3v) is 5.45.